The quantitative estimate of drug-likeness (QED) is 0.939. The number of aromatic nitrogens is 2. The average Bonchev–Trinajstić information content (AvgIpc) is 2.35. The van der Waals surface area contributed by atoms with E-state index in [0.29, 0.717) is 22.4 Å². The minimum absolute atomic E-state index is 0.475. The normalized spacial score (nSPS) is 10.1. The third-order valence-corrected chi connectivity index (χ3v) is 2.78. The van der Waals surface area contributed by atoms with E-state index in [1.165, 1.54) is 0 Å². The highest BCUT2D eigenvalue weighted by Gasteiger charge is 2.04. The van der Waals surface area contributed by atoms with Crippen LogP contribution >= 0.6 is 27.5 Å². The number of benzene rings is 1. The maximum Gasteiger partial charge on any atom is 0.227 e. The van der Waals surface area contributed by atoms with Crippen molar-refractivity contribution in [3.05, 3.63) is 40.1 Å². The Hall–Kier alpha value is -1.33. The number of ether oxygens (including phenoxy) is 1. The first-order valence-corrected chi connectivity index (χ1v) is 5.94. The molecule has 1 heterocycles. The van der Waals surface area contributed by atoms with Gasteiger partial charge >= 0.3 is 0 Å². The van der Waals surface area contributed by atoms with Crippen molar-refractivity contribution in [1.82, 2.24) is 9.97 Å². The third-order valence-electron chi connectivity index (χ3n) is 2.04. The minimum Gasteiger partial charge on any atom is -0.497 e. The second kappa shape index (κ2) is 5.33. The van der Waals surface area contributed by atoms with Crippen molar-refractivity contribution < 1.29 is 4.74 Å². The van der Waals surface area contributed by atoms with Gasteiger partial charge in [0.25, 0.3) is 0 Å². The first-order valence-electron chi connectivity index (χ1n) is 4.77. The molecule has 0 saturated heterocycles. The Morgan fingerprint density at radius 2 is 2.00 bits per heavy atom. The topological polar surface area (TPSA) is 47.0 Å². The summed E-state index contributed by atoms with van der Waals surface area (Å²) >= 11 is 9.32. The molecule has 0 aliphatic rings. The molecule has 6 heteroatoms. The molecule has 1 N–H and O–H groups in total. The number of nitrogens with one attached hydrogen (secondary N) is 1. The molecule has 0 fully saturated rings. The number of rotatable bonds is 3. The van der Waals surface area contributed by atoms with E-state index in [2.05, 4.69) is 31.2 Å². The van der Waals surface area contributed by atoms with E-state index in [1.54, 1.807) is 37.7 Å². The van der Waals surface area contributed by atoms with Crippen LogP contribution in [0.1, 0.15) is 0 Å². The molecular formula is C11H9BrClN3O. The Bertz CT molecular complexity index is 519. The maximum absolute atomic E-state index is 6.05. The van der Waals surface area contributed by atoms with Gasteiger partial charge < -0.3 is 10.1 Å². The predicted octanol–water partition coefficient (Wildman–Crippen LogP) is 3.64. The smallest absolute Gasteiger partial charge is 0.227 e. The summed E-state index contributed by atoms with van der Waals surface area (Å²) in [6.07, 6.45) is 3.31. The van der Waals surface area contributed by atoms with Gasteiger partial charge in [0, 0.05) is 18.5 Å². The van der Waals surface area contributed by atoms with Gasteiger partial charge in [-0.2, -0.15) is 0 Å². The number of hydrogen-bond acceptors (Lipinski definition) is 4. The fraction of sp³-hybridized carbons (Fsp3) is 0.0909. The molecule has 0 spiro atoms. The van der Waals surface area contributed by atoms with E-state index < -0.39 is 0 Å². The van der Waals surface area contributed by atoms with Crippen LogP contribution in [0.2, 0.25) is 5.02 Å². The zero-order valence-corrected chi connectivity index (χ0v) is 11.3. The molecule has 2 rings (SSSR count). The van der Waals surface area contributed by atoms with Crippen molar-refractivity contribution in [2.24, 2.45) is 0 Å². The van der Waals surface area contributed by atoms with Gasteiger partial charge in [-0.15, -0.1) is 0 Å². The zero-order valence-electron chi connectivity index (χ0n) is 8.95. The molecule has 0 radical (unpaired) electrons. The molecule has 0 unspecified atom stereocenters. The Labute approximate surface area is 112 Å². The molecule has 2 aromatic rings. The number of hydrogen-bond donors (Lipinski definition) is 1. The van der Waals surface area contributed by atoms with Gasteiger partial charge in [0.1, 0.15) is 5.75 Å². The van der Waals surface area contributed by atoms with Gasteiger partial charge in [-0.25, -0.2) is 9.97 Å². The Morgan fingerprint density at radius 1 is 1.29 bits per heavy atom. The van der Waals surface area contributed by atoms with Crippen molar-refractivity contribution in [2.45, 2.75) is 0 Å². The van der Waals surface area contributed by atoms with Crippen molar-refractivity contribution in [3.63, 3.8) is 0 Å². The molecule has 17 heavy (non-hydrogen) atoms. The van der Waals surface area contributed by atoms with E-state index in [-0.39, 0.29) is 0 Å². The molecule has 0 bridgehead atoms. The molecular weight excluding hydrogens is 305 g/mol. The van der Waals surface area contributed by atoms with E-state index in [0.717, 1.165) is 4.47 Å². The van der Waals surface area contributed by atoms with Crippen LogP contribution in [-0.2, 0) is 0 Å². The van der Waals surface area contributed by atoms with Crippen molar-refractivity contribution in [2.75, 3.05) is 12.4 Å². The molecule has 88 valence electrons. The third kappa shape index (κ3) is 3.08. The second-order valence-corrected chi connectivity index (χ2v) is 4.52. The summed E-state index contributed by atoms with van der Waals surface area (Å²) < 4.78 is 5.94. The highest BCUT2D eigenvalue weighted by atomic mass is 79.9. The maximum atomic E-state index is 6.05. The van der Waals surface area contributed by atoms with Gasteiger partial charge in [0.05, 0.1) is 22.3 Å². The highest BCUT2D eigenvalue weighted by Crippen LogP contribution is 2.28. The summed E-state index contributed by atoms with van der Waals surface area (Å²) in [4.78, 5) is 8.20. The summed E-state index contributed by atoms with van der Waals surface area (Å²) in [7, 11) is 1.60. The molecule has 0 aliphatic carbocycles. The SMILES string of the molecule is COc1ccc(Cl)c(Nc2ncc(Br)cn2)c1. The predicted molar refractivity (Wildman–Crippen MR) is 71.0 cm³/mol. The summed E-state index contributed by atoms with van der Waals surface area (Å²) in [5.41, 5.74) is 0.702. The molecule has 1 aromatic carbocycles. The van der Waals surface area contributed by atoms with Crippen LogP contribution in [0.15, 0.2) is 35.1 Å². The summed E-state index contributed by atoms with van der Waals surface area (Å²) in [5.74, 6) is 1.19. The van der Waals surface area contributed by atoms with E-state index in [1.807, 2.05) is 0 Å². The van der Waals surface area contributed by atoms with Crippen LogP contribution in [-0.4, -0.2) is 17.1 Å². The monoisotopic (exact) mass is 313 g/mol. The first kappa shape index (κ1) is 12.1. The van der Waals surface area contributed by atoms with Crippen molar-refractivity contribution >= 4 is 39.2 Å². The highest BCUT2D eigenvalue weighted by molar-refractivity contribution is 9.10. The Balaban J connectivity index is 2.25. The van der Waals surface area contributed by atoms with Gasteiger partial charge in [0.2, 0.25) is 5.95 Å². The standard InChI is InChI=1S/C11H9BrClN3O/c1-17-8-2-3-9(13)10(4-8)16-11-14-5-7(12)6-15-11/h2-6H,1H3,(H,14,15,16). The van der Waals surface area contributed by atoms with E-state index in [9.17, 15) is 0 Å². The molecule has 4 nitrogen and oxygen atoms in total. The number of methoxy groups -OCH3 is 1. The lowest BCUT2D eigenvalue weighted by atomic mass is 10.3. The van der Waals surface area contributed by atoms with Gasteiger partial charge in [-0.3, -0.25) is 0 Å². The molecule has 0 aliphatic heterocycles. The van der Waals surface area contributed by atoms with E-state index >= 15 is 0 Å². The minimum atomic E-state index is 0.475. The largest absolute Gasteiger partial charge is 0.497 e. The lowest BCUT2D eigenvalue weighted by Gasteiger charge is -2.08. The molecule has 0 amide bonds. The fourth-order valence-electron chi connectivity index (χ4n) is 1.22. The lowest BCUT2D eigenvalue weighted by molar-refractivity contribution is 0.415. The van der Waals surface area contributed by atoms with Crippen LogP contribution in [0.4, 0.5) is 11.6 Å². The van der Waals surface area contributed by atoms with Crippen LogP contribution in [0.5, 0.6) is 5.75 Å². The lowest BCUT2D eigenvalue weighted by Crippen LogP contribution is -1.97. The summed E-state index contributed by atoms with van der Waals surface area (Å²) in [6.45, 7) is 0. The average molecular weight is 315 g/mol. The molecule has 0 atom stereocenters. The molecule has 1 aromatic heterocycles. The Kier molecular flexibility index (Phi) is 3.81. The van der Waals surface area contributed by atoms with Crippen LogP contribution in [0.25, 0.3) is 0 Å². The summed E-state index contributed by atoms with van der Waals surface area (Å²) in [6, 6.07) is 5.32. The van der Waals surface area contributed by atoms with Crippen LogP contribution in [0.3, 0.4) is 0 Å². The fourth-order valence-corrected chi connectivity index (χ4v) is 1.59. The number of anilines is 2. The Morgan fingerprint density at radius 3 is 2.65 bits per heavy atom. The first-order chi connectivity index (χ1) is 8.19. The van der Waals surface area contributed by atoms with Crippen LogP contribution in [0, 0.1) is 0 Å². The van der Waals surface area contributed by atoms with Gasteiger partial charge in [-0.1, -0.05) is 11.6 Å². The van der Waals surface area contributed by atoms with Crippen molar-refractivity contribution in [1.29, 1.82) is 0 Å². The van der Waals surface area contributed by atoms with Crippen LogP contribution < -0.4 is 10.1 Å². The van der Waals surface area contributed by atoms with Gasteiger partial charge in [0.15, 0.2) is 0 Å². The zero-order chi connectivity index (χ0) is 12.3. The number of nitrogens with zero attached hydrogens (tertiary/aromatic N) is 2. The van der Waals surface area contributed by atoms with Gasteiger partial charge in [-0.05, 0) is 28.1 Å². The summed E-state index contributed by atoms with van der Waals surface area (Å²) in [5, 5.41) is 3.60. The van der Waals surface area contributed by atoms with Crippen molar-refractivity contribution in [3.8, 4) is 5.75 Å². The van der Waals surface area contributed by atoms with E-state index in [4.69, 9.17) is 16.3 Å². The molecule has 0 saturated carbocycles. The second-order valence-electron chi connectivity index (χ2n) is 3.20. The number of halogens is 2.